The number of amides is 1. The molecule has 0 saturated carbocycles. The fourth-order valence-corrected chi connectivity index (χ4v) is 3.64. The van der Waals surface area contributed by atoms with E-state index in [0.29, 0.717) is 17.0 Å². The van der Waals surface area contributed by atoms with Crippen LogP contribution in [0.15, 0.2) is 30.7 Å². The molecule has 1 amide bonds. The van der Waals surface area contributed by atoms with Crippen molar-refractivity contribution in [3.63, 3.8) is 0 Å². The third-order valence-corrected chi connectivity index (χ3v) is 5.18. The number of aromatic nitrogens is 3. The van der Waals surface area contributed by atoms with Gasteiger partial charge in [0, 0.05) is 30.3 Å². The van der Waals surface area contributed by atoms with E-state index in [1.807, 2.05) is 25.7 Å². The van der Waals surface area contributed by atoms with Crippen LogP contribution in [-0.4, -0.2) is 49.6 Å². The molecule has 3 rings (SSSR count). The molecule has 168 valence electrons. The molecule has 1 aliphatic heterocycles. The van der Waals surface area contributed by atoms with Crippen molar-refractivity contribution in [1.82, 2.24) is 25.2 Å². The Kier molecular flexibility index (Phi) is 6.05. The zero-order chi connectivity index (χ0) is 23.0. The number of hydrogen-bond acceptors (Lipinski definition) is 5. The predicted molar refractivity (Wildman–Crippen MR) is 106 cm³/mol. The number of likely N-dealkylation sites (tertiary alicyclic amines) is 1. The Morgan fingerprint density at radius 1 is 1.23 bits per heavy atom. The fraction of sp³-hybridized carbons (Fsp3) is 0.524. The van der Waals surface area contributed by atoms with E-state index in [-0.39, 0.29) is 31.0 Å². The van der Waals surface area contributed by atoms with Crippen LogP contribution >= 0.6 is 0 Å². The summed E-state index contributed by atoms with van der Waals surface area (Å²) in [6, 6.07) is 3.13. The predicted octanol–water partition coefficient (Wildman–Crippen LogP) is 3.77. The van der Waals surface area contributed by atoms with Crippen molar-refractivity contribution in [2.24, 2.45) is 0 Å². The van der Waals surface area contributed by atoms with Crippen LogP contribution < -0.4 is 5.32 Å². The van der Waals surface area contributed by atoms with E-state index in [9.17, 15) is 22.4 Å². The maximum absolute atomic E-state index is 14.6. The highest BCUT2D eigenvalue weighted by Crippen LogP contribution is 2.35. The second-order valence-electron chi connectivity index (χ2n) is 8.97. The second-order valence-corrected chi connectivity index (χ2v) is 8.97. The van der Waals surface area contributed by atoms with Gasteiger partial charge in [-0.3, -0.25) is 14.7 Å². The van der Waals surface area contributed by atoms with Gasteiger partial charge in [-0.15, -0.1) is 0 Å². The van der Waals surface area contributed by atoms with Gasteiger partial charge >= 0.3 is 6.18 Å². The summed E-state index contributed by atoms with van der Waals surface area (Å²) in [5.74, 6) is -0.298. The van der Waals surface area contributed by atoms with Crippen LogP contribution in [0.2, 0.25) is 0 Å². The van der Waals surface area contributed by atoms with E-state index in [2.05, 4.69) is 20.3 Å². The Hall–Kier alpha value is -2.62. The van der Waals surface area contributed by atoms with Crippen LogP contribution in [0, 0.1) is 0 Å². The van der Waals surface area contributed by atoms with E-state index < -0.39 is 23.6 Å². The van der Waals surface area contributed by atoms with Crippen LogP contribution in [-0.2, 0) is 17.5 Å². The lowest BCUT2D eigenvalue weighted by atomic mass is 10.0. The minimum absolute atomic E-state index is 0.0832. The van der Waals surface area contributed by atoms with Gasteiger partial charge in [-0.25, -0.2) is 14.4 Å². The number of carbonyl (C=O) groups excluding carboxylic acids is 1. The van der Waals surface area contributed by atoms with Gasteiger partial charge < -0.3 is 5.32 Å². The summed E-state index contributed by atoms with van der Waals surface area (Å²) < 4.78 is 52.6. The molecule has 1 fully saturated rings. The summed E-state index contributed by atoms with van der Waals surface area (Å²) in [4.78, 5) is 26.2. The average molecular weight is 439 g/mol. The summed E-state index contributed by atoms with van der Waals surface area (Å²) >= 11 is 0. The van der Waals surface area contributed by atoms with Crippen molar-refractivity contribution >= 4 is 5.91 Å². The SMILES string of the molecule is CC1(F)C[C@@H](C(=O)NCc2cc(-c3ccc(C(F)(F)F)nc3)ncn2)N(C(C)(C)C)C1. The number of pyridine rings is 1. The number of alkyl halides is 4. The molecule has 0 bridgehead atoms. The van der Waals surface area contributed by atoms with Crippen LogP contribution in [0.4, 0.5) is 17.6 Å². The van der Waals surface area contributed by atoms with E-state index in [4.69, 9.17) is 0 Å². The second kappa shape index (κ2) is 8.14. The molecule has 1 N–H and O–H groups in total. The maximum atomic E-state index is 14.6. The molecular formula is C21H25F4N5O. The molecule has 1 unspecified atom stereocenters. The number of nitrogens with zero attached hydrogens (tertiary/aromatic N) is 4. The lowest BCUT2D eigenvalue weighted by Crippen LogP contribution is -2.51. The Morgan fingerprint density at radius 2 is 1.94 bits per heavy atom. The van der Waals surface area contributed by atoms with Gasteiger partial charge in [0.15, 0.2) is 0 Å². The van der Waals surface area contributed by atoms with E-state index >= 15 is 0 Å². The van der Waals surface area contributed by atoms with Gasteiger partial charge in [-0.05, 0) is 45.9 Å². The molecule has 0 radical (unpaired) electrons. The molecule has 1 saturated heterocycles. The van der Waals surface area contributed by atoms with Gasteiger partial charge in [-0.1, -0.05) is 0 Å². The minimum atomic E-state index is -4.52. The first kappa shape index (κ1) is 23.1. The highest BCUT2D eigenvalue weighted by atomic mass is 19.4. The quantitative estimate of drug-likeness (QED) is 0.735. The standard InChI is InChI=1S/C21H25F4N5O/c1-19(2,3)30-11-20(4,22)8-16(30)18(31)27-10-14-7-15(29-12-28-14)13-5-6-17(26-9-13)21(23,24)25/h5-7,9,12,16H,8,10-11H2,1-4H3,(H,27,31)/t16-,20?/m0/s1. The van der Waals surface area contributed by atoms with Crippen LogP contribution in [0.1, 0.15) is 45.5 Å². The number of hydrogen-bond donors (Lipinski definition) is 1. The minimum Gasteiger partial charge on any atom is -0.349 e. The van der Waals surface area contributed by atoms with Gasteiger partial charge in [0.25, 0.3) is 0 Å². The Morgan fingerprint density at radius 3 is 2.52 bits per heavy atom. The van der Waals surface area contributed by atoms with Crippen LogP contribution in [0.5, 0.6) is 0 Å². The topological polar surface area (TPSA) is 71.0 Å². The molecule has 2 aromatic heterocycles. The van der Waals surface area contributed by atoms with Crippen molar-refractivity contribution in [3.8, 4) is 11.3 Å². The lowest BCUT2D eigenvalue weighted by molar-refractivity contribution is -0.141. The Bertz CT molecular complexity index is 938. The molecule has 0 aliphatic carbocycles. The van der Waals surface area contributed by atoms with Gasteiger partial charge in [0.05, 0.1) is 24.0 Å². The molecule has 0 aromatic carbocycles. The molecule has 2 atom stereocenters. The highest BCUT2D eigenvalue weighted by molar-refractivity contribution is 5.82. The maximum Gasteiger partial charge on any atom is 0.433 e. The third kappa shape index (κ3) is 5.55. The molecule has 6 nitrogen and oxygen atoms in total. The highest BCUT2D eigenvalue weighted by Gasteiger charge is 2.48. The zero-order valence-electron chi connectivity index (χ0n) is 17.8. The summed E-state index contributed by atoms with van der Waals surface area (Å²) in [6.45, 7) is 7.55. The number of rotatable bonds is 4. The van der Waals surface area contributed by atoms with Gasteiger partial charge in [0.1, 0.15) is 17.7 Å². The summed E-state index contributed by atoms with van der Waals surface area (Å²) in [5.41, 5.74) is -1.56. The van der Waals surface area contributed by atoms with Crippen molar-refractivity contribution in [3.05, 3.63) is 42.1 Å². The van der Waals surface area contributed by atoms with Crippen molar-refractivity contribution in [2.45, 2.75) is 64.1 Å². The monoisotopic (exact) mass is 439 g/mol. The first-order valence-corrected chi connectivity index (χ1v) is 9.84. The van der Waals surface area contributed by atoms with Crippen LogP contribution in [0.25, 0.3) is 11.3 Å². The van der Waals surface area contributed by atoms with Crippen molar-refractivity contribution < 1.29 is 22.4 Å². The molecule has 31 heavy (non-hydrogen) atoms. The number of nitrogens with one attached hydrogen (secondary N) is 1. The normalized spacial score (nSPS) is 22.5. The lowest BCUT2D eigenvalue weighted by Gasteiger charge is -2.36. The third-order valence-electron chi connectivity index (χ3n) is 5.18. The summed E-state index contributed by atoms with van der Waals surface area (Å²) in [5, 5.41) is 2.79. The Labute approximate surface area is 178 Å². The van der Waals surface area contributed by atoms with E-state index in [0.717, 1.165) is 12.3 Å². The molecule has 3 heterocycles. The zero-order valence-corrected chi connectivity index (χ0v) is 17.8. The van der Waals surface area contributed by atoms with E-state index in [1.54, 1.807) is 6.07 Å². The van der Waals surface area contributed by atoms with Gasteiger partial charge in [-0.2, -0.15) is 13.2 Å². The molecule has 1 aliphatic rings. The Balaban J connectivity index is 1.69. The first-order valence-electron chi connectivity index (χ1n) is 9.84. The largest absolute Gasteiger partial charge is 0.433 e. The van der Waals surface area contributed by atoms with Crippen molar-refractivity contribution in [2.75, 3.05) is 6.54 Å². The molecule has 0 spiro atoms. The van der Waals surface area contributed by atoms with Crippen molar-refractivity contribution in [1.29, 1.82) is 0 Å². The average Bonchev–Trinajstić information content (AvgIpc) is 3.02. The van der Waals surface area contributed by atoms with Crippen LogP contribution in [0.3, 0.4) is 0 Å². The fourth-order valence-electron chi connectivity index (χ4n) is 3.64. The molecule has 2 aromatic rings. The summed E-state index contributed by atoms with van der Waals surface area (Å²) in [6.07, 6.45) is -2.06. The number of carbonyl (C=O) groups is 1. The van der Waals surface area contributed by atoms with E-state index in [1.165, 1.54) is 19.3 Å². The first-order chi connectivity index (χ1) is 14.3. The van der Waals surface area contributed by atoms with Gasteiger partial charge in [0.2, 0.25) is 5.91 Å². The molecule has 10 heteroatoms. The smallest absolute Gasteiger partial charge is 0.349 e. The number of halogens is 4. The molecular weight excluding hydrogens is 414 g/mol. The summed E-state index contributed by atoms with van der Waals surface area (Å²) in [7, 11) is 0.